The van der Waals surface area contributed by atoms with E-state index >= 15 is 0 Å². The summed E-state index contributed by atoms with van der Waals surface area (Å²) in [5, 5.41) is 5.61. The molecule has 0 aliphatic rings. The van der Waals surface area contributed by atoms with E-state index in [1.165, 1.54) is 6.92 Å². The lowest BCUT2D eigenvalue weighted by Gasteiger charge is -2.12. The Bertz CT molecular complexity index is 669. The summed E-state index contributed by atoms with van der Waals surface area (Å²) >= 11 is 0. The van der Waals surface area contributed by atoms with Crippen molar-refractivity contribution in [3.05, 3.63) is 65.7 Å². The average molecular weight is 325 g/mol. The molecule has 0 saturated heterocycles. The highest BCUT2D eigenvalue weighted by Gasteiger charge is 2.10. The molecule has 5 heteroatoms. The van der Waals surface area contributed by atoms with Crippen LogP contribution in [0.4, 0.5) is 5.69 Å². The minimum atomic E-state index is -0.289. The lowest BCUT2D eigenvalue weighted by Crippen LogP contribution is -2.29. The highest BCUT2D eigenvalue weighted by Crippen LogP contribution is 2.13. The first kappa shape index (κ1) is 17.7. The molecule has 126 valence electrons. The van der Waals surface area contributed by atoms with Crippen LogP contribution < -0.4 is 16.4 Å². The number of anilines is 1. The Morgan fingerprint density at radius 1 is 1.04 bits per heavy atom. The fourth-order valence-electron chi connectivity index (χ4n) is 2.39. The van der Waals surface area contributed by atoms with Crippen LogP contribution in [0.5, 0.6) is 0 Å². The lowest BCUT2D eigenvalue weighted by molar-refractivity contribution is -0.121. The number of carbonyl (C=O) groups is 2. The van der Waals surface area contributed by atoms with Gasteiger partial charge in [0.05, 0.1) is 0 Å². The van der Waals surface area contributed by atoms with Crippen molar-refractivity contribution in [3.63, 3.8) is 0 Å². The van der Waals surface area contributed by atoms with Gasteiger partial charge in [-0.25, -0.2) is 0 Å². The molecule has 0 aliphatic carbocycles. The van der Waals surface area contributed by atoms with E-state index in [1.807, 2.05) is 54.6 Å². The third-order valence-corrected chi connectivity index (χ3v) is 3.64. The van der Waals surface area contributed by atoms with Crippen molar-refractivity contribution in [1.82, 2.24) is 5.32 Å². The third kappa shape index (κ3) is 5.85. The van der Waals surface area contributed by atoms with Crippen molar-refractivity contribution in [2.45, 2.75) is 25.8 Å². The van der Waals surface area contributed by atoms with Crippen molar-refractivity contribution in [2.75, 3.05) is 11.9 Å². The molecule has 4 N–H and O–H groups in total. The van der Waals surface area contributed by atoms with Gasteiger partial charge in [0.25, 0.3) is 0 Å². The standard InChI is InChI=1S/C19H23N3O2/c1-14(23)22-17-9-7-15(8-10-17)11-12-21-19(24)13-18(20)16-5-3-2-4-6-16/h2-10,18H,11-13,20H2,1H3,(H,21,24)(H,22,23). The second kappa shape index (κ2) is 8.84. The van der Waals surface area contributed by atoms with Crippen LogP contribution in [0.1, 0.15) is 30.5 Å². The predicted molar refractivity (Wildman–Crippen MR) is 95.4 cm³/mol. The van der Waals surface area contributed by atoms with Crippen molar-refractivity contribution in [2.24, 2.45) is 5.73 Å². The number of carbonyl (C=O) groups excluding carboxylic acids is 2. The molecule has 1 unspecified atom stereocenters. The van der Waals surface area contributed by atoms with Crippen LogP contribution in [0.2, 0.25) is 0 Å². The summed E-state index contributed by atoms with van der Waals surface area (Å²) in [4.78, 5) is 22.9. The molecule has 0 radical (unpaired) electrons. The summed E-state index contributed by atoms with van der Waals surface area (Å²) < 4.78 is 0. The van der Waals surface area contributed by atoms with Gasteiger partial charge in [-0.1, -0.05) is 42.5 Å². The average Bonchev–Trinajstić information content (AvgIpc) is 2.57. The number of hydrogen-bond donors (Lipinski definition) is 3. The maximum atomic E-state index is 12.0. The van der Waals surface area contributed by atoms with Crippen LogP contribution >= 0.6 is 0 Å². The summed E-state index contributed by atoms with van der Waals surface area (Å²) in [6, 6.07) is 16.9. The van der Waals surface area contributed by atoms with Crippen LogP contribution in [-0.4, -0.2) is 18.4 Å². The molecule has 0 aromatic heterocycles. The number of benzene rings is 2. The summed E-state index contributed by atoms with van der Waals surface area (Å²) in [6.07, 6.45) is 0.998. The minimum Gasteiger partial charge on any atom is -0.356 e. The number of nitrogens with two attached hydrogens (primary N) is 1. The maximum Gasteiger partial charge on any atom is 0.221 e. The van der Waals surface area contributed by atoms with Gasteiger partial charge in [-0.05, 0) is 29.7 Å². The summed E-state index contributed by atoms with van der Waals surface area (Å²) in [5.74, 6) is -0.147. The molecule has 0 fully saturated rings. The molecule has 1 atom stereocenters. The van der Waals surface area contributed by atoms with Crippen molar-refractivity contribution >= 4 is 17.5 Å². The first-order chi connectivity index (χ1) is 11.5. The van der Waals surface area contributed by atoms with E-state index in [1.54, 1.807) is 0 Å². The zero-order valence-corrected chi connectivity index (χ0v) is 13.8. The fourth-order valence-corrected chi connectivity index (χ4v) is 2.39. The predicted octanol–water partition coefficient (Wildman–Crippen LogP) is 2.39. The molecule has 2 rings (SSSR count). The van der Waals surface area contributed by atoms with E-state index in [4.69, 9.17) is 5.73 Å². The number of hydrogen-bond acceptors (Lipinski definition) is 3. The third-order valence-electron chi connectivity index (χ3n) is 3.64. The summed E-state index contributed by atoms with van der Waals surface area (Å²) in [7, 11) is 0. The van der Waals surface area contributed by atoms with Crippen molar-refractivity contribution in [1.29, 1.82) is 0 Å². The molecule has 0 spiro atoms. The van der Waals surface area contributed by atoms with E-state index < -0.39 is 0 Å². The number of nitrogens with one attached hydrogen (secondary N) is 2. The summed E-state index contributed by atoms with van der Waals surface area (Å²) in [6.45, 7) is 2.03. The smallest absolute Gasteiger partial charge is 0.221 e. The Kier molecular flexibility index (Phi) is 6.51. The first-order valence-corrected chi connectivity index (χ1v) is 7.98. The van der Waals surface area contributed by atoms with E-state index in [0.717, 1.165) is 23.2 Å². The minimum absolute atomic E-state index is 0.0544. The molecule has 0 saturated carbocycles. The Morgan fingerprint density at radius 2 is 1.71 bits per heavy atom. The zero-order chi connectivity index (χ0) is 17.4. The van der Waals surface area contributed by atoms with E-state index in [9.17, 15) is 9.59 Å². The normalized spacial score (nSPS) is 11.6. The Morgan fingerprint density at radius 3 is 2.33 bits per heavy atom. The molecule has 2 amide bonds. The number of rotatable bonds is 7. The van der Waals surface area contributed by atoms with E-state index in [0.29, 0.717) is 6.54 Å². The van der Waals surface area contributed by atoms with Crippen LogP contribution in [0.25, 0.3) is 0 Å². The Labute approximate surface area is 142 Å². The second-order valence-electron chi connectivity index (χ2n) is 5.70. The first-order valence-electron chi connectivity index (χ1n) is 7.98. The van der Waals surface area contributed by atoms with Gasteiger partial charge in [0, 0.05) is 31.6 Å². The van der Waals surface area contributed by atoms with Gasteiger partial charge in [-0.3, -0.25) is 9.59 Å². The van der Waals surface area contributed by atoms with Crippen molar-refractivity contribution < 1.29 is 9.59 Å². The lowest BCUT2D eigenvalue weighted by atomic mass is 10.0. The van der Waals surface area contributed by atoms with Gasteiger partial charge in [0.15, 0.2) is 0 Å². The quantitative estimate of drug-likeness (QED) is 0.731. The molecule has 0 bridgehead atoms. The maximum absolute atomic E-state index is 12.0. The van der Waals surface area contributed by atoms with Gasteiger partial charge in [-0.15, -0.1) is 0 Å². The largest absolute Gasteiger partial charge is 0.356 e. The molecule has 0 heterocycles. The Hall–Kier alpha value is -2.66. The molecule has 5 nitrogen and oxygen atoms in total. The van der Waals surface area contributed by atoms with Gasteiger partial charge in [0.2, 0.25) is 11.8 Å². The number of amides is 2. The van der Waals surface area contributed by atoms with Crippen LogP contribution in [0.15, 0.2) is 54.6 Å². The summed E-state index contributed by atoms with van der Waals surface area (Å²) in [5.41, 5.74) is 8.86. The highest BCUT2D eigenvalue weighted by molar-refractivity contribution is 5.88. The van der Waals surface area contributed by atoms with Gasteiger partial charge >= 0.3 is 0 Å². The SMILES string of the molecule is CC(=O)Nc1ccc(CCNC(=O)CC(N)c2ccccc2)cc1. The van der Waals surface area contributed by atoms with Crippen LogP contribution in [-0.2, 0) is 16.0 Å². The second-order valence-corrected chi connectivity index (χ2v) is 5.70. The van der Waals surface area contributed by atoms with Crippen LogP contribution in [0.3, 0.4) is 0 Å². The zero-order valence-electron chi connectivity index (χ0n) is 13.8. The highest BCUT2D eigenvalue weighted by atomic mass is 16.2. The van der Waals surface area contributed by atoms with Crippen molar-refractivity contribution in [3.8, 4) is 0 Å². The molecular weight excluding hydrogens is 302 g/mol. The topological polar surface area (TPSA) is 84.2 Å². The molecule has 2 aromatic carbocycles. The molecule has 0 aliphatic heterocycles. The van der Waals surface area contributed by atoms with E-state index in [2.05, 4.69) is 10.6 Å². The molecular formula is C19H23N3O2. The van der Waals surface area contributed by atoms with Gasteiger partial charge in [-0.2, -0.15) is 0 Å². The monoisotopic (exact) mass is 325 g/mol. The Balaban J connectivity index is 1.73. The van der Waals surface area contributed by atoms with Gasteiger partial charge in [0.1, 0.15) is 0 Å². The fraction of sp³-hybridized carbons (Fsp3) is 0.263. The van der Waals surface area contributed by atoms with Gasteiger partial charge < -0.3 is 16.4 Å². The molecule has 24 heavy (non-hydrogen) atoms. The van der Waals surface area contributed by atoms with Crippen LogP contribution in [0, 0.1) is 0 Å². The van der Waals surface area contributed by atoms with E-state index in [-0.39, 0.29) is 24.3 Å². The molecule has 2 aromatic rings.